The summed E-state index contributed by atoms with van der Waals surface area (Å²) in [6.07, 6.45) is 4.20. The Morgan fingerprint density at radius 3 is 2.59 bits per heavy atom. The third-order valence-electron chi connectivity index (χ3n) is 3.90. The van der Waals surface area contributed by atoms with Gasteiger partial charge in [0.25, 0.3) is 0 Å². The Balaban J connectivity index is 1.83. The van der Waals surface area contributed by atoms with E-state index in [1.807, 2.05) is 36.0 Å². The van der Waals surface area contributed by atoms with E-state index in [1.54, 1.807) is 0 Å². The van der Waals surface area contributed by atoms with Crippen LogP contribution >= 0.6 is 11.8 Å². The lowest BCUT2D eigenvalue weighted by Gasteiger charge is -2.26. The lowest BCUT2D eigenvalue weighted by molar-refractivity contribution is -0.141. The highest BCUT2D eigenvalue weighted by Crippen LogP contribution is 2.18. The Kier molecular flexibility index (Phi) is 6.27. The minimum atomic E-state index is -0.848. The first kappa shape index (κ1) is 16.8. The van der Waals surface area contributed by atoms with Crippen LogP contribution in [0.25, 0.3) is 0 Å². The Labute approximate surface area is 134 Å². The summed E-state index contributed by atoms with van der Waals surface area (Å²) >= 11 is 1.81. The molecule has 6 heteroatoms. The molecule has 1 aliphatic rings. The number of anilines is 1. The average Bonchev–Trinajstić information content (AvgIpc) is 2.54. The highest BCUT2D eigenvalue weighted by atomic mass is 32.2. The van der Waals surface area contributed by atoms with Crippen molar-refractivity contribution in [1.29, 1.82) is 0 Å². The number of carboxylic acid groups (broad SMARTS) is 1. The molecule has 0 aliphatic carbocycles. The van der Waals surface area contributed by atoms with Gasteiger partial charge in [-0.05, 0) is 49.0 Å². The van der Waals surface area contributed by atoms with Gasteiger partial charge >= 0.3 is 5.97 Å². The number of hydrogen-bond acceptors (Lipinski definition) is 4. The fourth-order valence-electron chi connectivity index (χ4n) is 2.51. The molecule has 22 heavy (non-hydrogen) atoms. The third-order valence-corrected chi connectivity index (χ3v) is 4.51. The van der Waals surface area contributed by atoms with E-state index in [-0.39, 0.29) is 11.8 Å². The summed E-state index contributed by atoms with van der Waals surface area (Å²) in [5.74, 6) is 0.0177. The van der Waals surface area contributed by atoms with Crippen LogP contribution < -0.4 is 10.6 Å². The standard InChI is InChI=1S/C16H22N2O3S/c1-22-9-8-11-2-5-13(6-3-11)18-15(19)12-4-7-14(16(20)21)17-10-12/h2-3,5-6,12,14,17H,4,7-10H2,1H3,(H,18,19)(H,20,21). The molecule has 1 amide bonds. The maximum atomic E-state index is 12.2. The zero-order valence-corrected chi connectivity index (χ0v) is 13.5. The van der Waals surface area contributed by atoms with Crippen molar-refractivity contribution in [3.8, 4) is 0 Å². The van der Waals surface area contributed by atoms with Gasteiger partial charge in [-0.15, -0.1) is 0 Å². The second-order valence-corrected chi connectivity index (χ2v) is 6.49. The van der Waals surface area contributed by atoms with Gasteiger partial charge in [-0.2, -0.15) is 11.8 Å². The molecule has 1 aromatic carbocycles. The van der Waals surface area contributed by atoms with E-state index in [1.165, 1.54) is 5.56 Å². The average molecular weight is 322 g/mol. The second kappa shape index (κ2) is 8.19. The van der Waals surface area contributed by atoms with Gasteiger partial charge in [0.05, 0.1) is 5.92 Å². The summed E-state index contributed by atoms with van der Waals surface area (Å²) in [4.78, 5) is 23.1. The highest BCUT2D eigenvalue weighted by molar-refractivity contribution is 7.98. The normalized spacial score (nSPS) is 21.3. The predicted octanol–water partition coefficient (Wildman–Crippen LogP) is 1.98. The van der Waals surface area contributed by atoms with Crippen molar-refractivity contribution in [3.63, 3.8) is 0 Å². The van der Waals surface area contributed by atoms with Crippen LogP contribution in [-0.4, -0.2) is 41.6 Å². The number of benzene rings is 1. The molecule has 0 bridgehead atoms. The summed E-state index contributed by atoms with van der Waals surface area (Å²) in [5.41, 5.74) is 2.05. The van der Waals surface area contributed by atoms with Crippen molar-refractivity contribution in [2.24, 2.45) is 5.92 Å². The van der Waals surface area contributed by atoms with Crippen molar-refractivity contribution in [2.75, 3.05) is 23.9 Å². The van der Waals surface area contributed by atoms with Gasteiger partial charge < -0.3 is 15.7 Å². The molecular weight excluding hydrogens is 300 g/mol. The fourth-order valence-corrected chi connectivity index (χ4v) is 2.95. The lowest BCUT2D eigenvalue weighted by Crippen LogP contribution is -2.46. The first-order valence-corrected chi connectivity index (χ1v) is 8.84. The quantitative estimate of drug-likeness (QED) is 0.746. The van der Waals surface area contributed by atoms with Crippen LogP contribution in [0.1, 0.15) is 18.4 Å². The smallest absolute Gasteiger partial charge is 0.320 e. The van der Waals surface area contributed by atoms with Crippen LogP contribution in [0.3, 0.4) is 0 Å². The van der Waals surface area contributed by atoms with Crippen molar-refractivity contribution < 1.29 is 14.7 Å². The van der Waals surface area contributed by atoms with Crippen LogP contribution in [0.2, 0.25) is 0 Å². The van der Waals surface area contributed by atoms with Crippen molar-refractivity contribution in [3.05, 3.63) is 29.8 Å². The predicted molar refractivity (Wildman–Crippen MR) is 89.3 cm³/mol. The molecule has 1 aromatic rings. The lowest BCUT2D eigenvalue weighted by atomic mass is 9.94. The van der Waals surface area contributed by atoms with E-state index < -0.39 is 12.0 Å². The van der Waals surface area contributed by atoms with Crippen LogP contribution in [0.4, 0.5) is 5.69 Å². The maximum Gasteiger partial charge on any atom is 0.320 e. The minimum absolute atomic E-state index is 0.0480. The van der Waals surface area contributed by atoms with E-state index in [9.17, 15) is 9.59 Å². The second-order valence-electron chi connectivity index (χ2n) is 5.50. The largest absolute Gasteiger partial charge is 0.480 e. The van der Waals surface area contributed by atoms with Gasteiger partial charge in [0, 0.05) is 12.2 Å². The van der Waals surface area contributed by atoms with E-state index in [4.69, 9.17) is 5.11 Å². The Morgan fingerprint density at radius 1 is 1.32 bits per heavy atom. The van der Waals surface area contributed by atoms with Crippen LogP contribution in [0.15, 0.2) is 24.3 Å². The summed E-state index contributed by atoms with van der Waals surface area (Å²) in [6, 6.07) is 7.38. The number of aryl methyl sites for hydroxylation is 1. The van der Waals surface area contributed by atoms with Gasteiger partial charge in [0.2, 0.25) is 5.91 Å². The van der Waals surface area contributed by atoms with Gasteiger partial charge in [-0.3, -0.25) is 9.59 Å². The van der Waals surface area contributed by atoms with E-state index in [0.29, 0.717) is 19.4 Å². The Bertz CT molecular complexity index is 511. The number of piperidine rings is 1. The molecule has 2 unspecified atom stereocenters. The summed E-state index contributed by atoms with van der Waals surface area (Å²) in [7, 11) is 0. The van der Waals surface area contributed by atoms with Gasteiger partial charge in [-0.1, -0.05) is 12.1 Å². The zero-order chi connectivity index (χ0) is 15.9. The molecule has 0 radical (unpaired) electrons. The monoisotopic (exact) mass is 322 g/mol. The number of rotatable bonds is 6. The maximum absolute atomic E-state index is 12.2. The van der Waals surface area contributed by atoms with Crippen LogP contribution in [0.5, 0.6) is 0 Å². The number of nitrogens with one attached hydrogen (secondary N) is 2. The summed E-state index contributed by atoms with van der Waals surface area (Å²) in [5, 5.41) is 14.7. The minimum Gasteiger partial charge on any atom is -0.480 e. The molecule has 1 fully saturated rings. The number of carbonyl (C=O) groups is 2. The molecule has 120 valence electrons. The van der Waals surface area contributed by atoms with Gasteiger partial charge in [0.15, 0.2) is 0 Å². The summed E-state index contributed by atoms with van der Waals surface area (Å²) in [6.45, 7) is 0.411. The molecule has 0 saturated carbocycles. The van der Waals surface area contributed by atoms with Crippen molar-refractivity contribution in [2.45, 2.75) is 25.3 Å². The molecular formula is C16H22N2O3S. The number of aliphatic carboxylic acids is 1. The van der Waals surface area contributed by atoms with Crippen molar-refractivity contribution >= 4 is 29.3 Å². The zero-order valence-electron chi connectivity index (χ0n) is 12.7. The SMILES string of the molecule is CSCCc1ccc(NC(=O)C2CCC(C(=O)O)NC2)cc1. The van der Waals surface area contributed by atoms with E-state index >= 15 is 0 Å². The molecule has 0 aromatic heterocycles. The van der Waals surface area contributed by atoms with Gasteiger partial charge in [-0.25, -0.2) is 0 Å². The summed E-state index contributed by atoms with van der Waals surface area (Å²) < 4.78 is 0. The Hall–Kier alpha value is -1.53. The first-order chi connectivity index (χ1) is 10.6. The molecule has 2 rings (SSSR count). The molecule has 1 aliphatic heterocycles. The fraction of sp³-hybridized carbons (Fsp3) is 0.500. The van der Waals surface area contributed by atoms with E-state index in [2.05, 4.69) is 16.9 Å². The third kappa shape index (κ3) is 4.74. The van der Waals surface area contributed by atoms with Crippen LogP contribution in [-0.2, 0) is 16.0 Å². The number of hydrogen-bond donors (Lipinski definition) is 3. The van der Waals surface area contributed by atoms with E-state index in [0.717, 1.165) is 17.9 Å². The Morgan fingerprint density at radius 2 is 2.05 bits per heavy atom. The molecule has 0 spiro atoms. The topological polar surface area (TPSA) is 78.4 Å². The molecule has 2 atom stereocenters. The molecule has 3 N–H and O–H groups in total. The van der Waals surface area contributed by atoms with Crippen molar-refractivity contribution in [1.82, 2.24) is 5.32 Å². The number of thioether (sulfide) groups is 1. The molecule has 5 nitrogen and oxygen atoms in total. The van der Waals surface area contributed by atoms with Crippen LogP contribution in [0, 0.1) is 5.92 Å². The molecule has 1 saturated heterocycles. The number of amides is 1. The highest BCUT2D eigenvalue weighted by Gasteiger charge is 2.29. The number of carbonyl (C=O) groups excluding carboxylic acids is 1. The number of carboxylic acids is 1. The van der Waals surface area contributed by atoms with Gasteiger partial charge in [0.1, 0.15) is 6.04 Å². The molecule has 1 heterocycles. The first-order valence-electron chi connectivity index (χ1n) is 7.45.